The lowest BCUT2D eigenvalue weighted by Crippen LogP contribution is -2.11. The Balaban J connectivity index is 2.37. The number of hydrogen-bond acceptors (Lipinski definition) is 3. The van der Waals surface area contributed by atoms with Crippen LogP contribution in [0.15, 0.2) is 30.5 Å². The topological polar surface area (TPSA) is 76.4 Å². The van der Waals surface area contributed by atoms with E-state index in [9.17, 15) is 14.4 Å². The van der Waals surface area contributed by atoms with Crippen LogP contribution in [0.5, 0.6) is 0 Å². The van der Waals surface area contributed by atoms with Crippen molar-refractivity contribution in [3.8, 4) is 0 Å². The largest absolute Gasteiger partial charge is 0.481 e. The highest BCUT2D eigenvalue weighted by atomic mass is 16.4. The summed E-state index contributed by atoms with van der Waals surface area (Å²) in [6, 6.07) is 6.89. The van der Waals surface area contributed by atoms with Gasteiger partial charge in [-0.1, -0.05) is 12.1 Å². The summed E-state index contributed by atoms with van der Waals surface area (Å²) in [6.07, 6.45) is 1.33. The SMILES string of the molecule is CC(=O)c1ccc2ccn(C(=O)CCC(=O)O)c2c1. The van der Waals surface area contributed by atoms with Crippen LogP contribution in [0.4, 0.5) is 0 Å². The Morgan fingerprint density at radius 2 is 1.89 bits per heavy atom. The molecular formula is C14H13NO4. The van der Waals surface area contributed by atoms with Crippen LogP contribution in [0.1, 0.15) is 34.9 Å². The molecule has 0 atom stereocenters. The van der Waals surface area contributed by atoms with Gasteiger partial charge in [0.2, 0.25) is 5.91 Å². The van der Waals surface area contributed by atoms with Gasteiger partial charge in [-0.2, -0.15) is 0 Å². The van der Waals surface area contributed by atoms with Gasteiger partial charge in [0.15, 0.2) is 5.78 Å². The Labute approximate surface area is 109 Å². The first-order valence-corrected chi connectivity index (χ1v) is 5.86. The first-order valence-electron chi connectivity index (χ1n) is 5.86. The molecule has 5 heteroatoms. The molecule has 0 saturated carbocycles. The Kier molecular flexibility index (Phi) is 3.46. The van der Waals surface area contributed by atoms with E-state index in [1.807, 2.05) is 0 Å². The molecule has 19 heavy (non-hydrogen) atoms. The third-order valence-corrected chi connectivity index (χ3v) is 2.92. The summed E-state index contributed by atoms with van der Waals surface area (Å²) in [5, 5.41) is 9.43. The van der Waals surface area contributed by atoms with E-state index < -0.39 is 5.97 Å². The van der Waals surface area contributed by atoms with Crippen molar-refractivity contribution >= 4 is 28.6 Å². The van der Waals surface area contributed by atoms with Gasteiger partial charge in [-0.15, -0.1) is 0 Å². The molecule has 0 aliphatic rings. The summed E-state index contributed by atoms with van der Waals surface area (Å²) >= 11 is 0. The molecule has 0 aliphatic heterocycles. The monoisotopic (exact) mass is 259 g/mol. The number of fused-ring (bicyclic) bond motifs is 1. The molecule has 0 radical (unpaired) electrons. The number of carboxylic acids is 1. The Hall–Kier alpha value is -2.43. The number of nitrogens with zero attached hydrogens (tertiary/aromatic N) is 1. The molecular weight excluding hydrogens is 246 g/mol. The average Bonchev–Trinajstić information content (AvgIpc) is 2.78. The van der Waals surface area contributed by atoms with Gasteiger partial charge in [-0.25, -0.2) is 0 Å². The second-order valence-corrected chi connectivity index (χ2v) is 4.30. The van der Waals surface area contributed by atoms with Gasteiger partial charge in [0.05, 0.1) is 11.9 Å². The Morgan fingerprint density at radius 3 is 2.53 bits per heavy atom. The maximum Gasteiger partial charge on any atom is 0.303 e. The van der Waals surface area contributed by atoms with Crippen LogP contribution in [0, 0.1) is 0 Å². The lowest BCUT2D eigenvalue weighted by Gasteiger charge is -2.04. The number of benzene rings is 1. The third-order valence-electron chi connectivity index (χ3n) is 2.92. The predicted octanol–water partition coefficient (Wildman–Crippen LogP) is 2.35. The number of Topliss-reactive ketones (excluding diaryl/α,β-unsaturated/α-hetero) is 1. The van der Waals surface area contributed by atoms with Crippen molar-refractivity contribution in [1.29, 1.82) is 0 Å². The highest BCUT2D eigenvalue weighted by molar-refractivity contribution is 6.00. The molecule has 1 heterocycles. The van der Waals surface area contributed by atoms with E-state index in [0.717, 1.165) is 5.39 Å². The highest BCUT2D eigenvalue weighted by Gasteiger charge is 2.12. The first kappa shape index (κ1) is 13.0. The number of carbonyl (C=O) groups is 3. The van der Waals surface area contributed by atoms with E-state index in [1.54, 1.807) is 30.5 Å². The fourth-order valence-electron chi connectivity index (χ4n) is 1.90. The standard InChI is InChI=1S/C14H13NO4/c1-9(16)11-3-2-10-6-7-15(12(10)8-11)13(17)4-5-14(18)19/h2-3,6-8H,4-5H2,1H3,(H,18,19). The molecule has 0 unspecified atom stereocenters. The van der Waals surface area contributed by atoms with Crippen molar-refractivity contribution in [3.05, 3.63) is 36.0 Å². The van der Waals surface area contributed by atoms with Crippen molar-refractivity contribution in [2.24, 2.45) is 0 Å². The molecule has 1 aromatic heterocycles. The summed E-state index contributed by atoms with van der Waals surface area (Å²) in [5.41, 5.74) is 1.15. The number of carboxylic acid groups (broad SMARTS) is 1. The average molecular weight is 259 g/mol. The molecule has 1 N–H and O–H groups in total. The fourth-order valence-corrected chi connectivity index (χ4v) is 1.90. The van der Waals surface area contributed by atoms with E-state index in [0.29, 0.717) is 11.1 Å². The zero-order valence-corrected chi connectivity index (χ0v) is 10.4. The van der Waals surface area contributed by atoms with Crippen LogP contribution >= 0.6 is 0 Å². The first-order chi connectivity index (χ1) is 8.99. The van der Waals surface area contributed by atoms with E-state index in [2.05, 4.69) is 0 Å². The van der Waals surface area contributed by atoms with Crippen LogP contribution in [0.2, 0.25) is 0 Å². The van der Waals surface area contributed by atoms with E-state index in [1.165, 1.54) is 11.5 Å². The van der Waals surface area contributed by atoms with E-state index in [-0.39, 0.29) is 24.5 Å². The van der Waals surface area contributed by atoms with Crippen molar-refractivity contribution < 1.29 is 19.5 Å². The number of carbonyl (C=O) groups excluding carboxylic acids is 2. The Morgan fingerprint density at radius 1 is 1.16 bits per heavy atom. The van der Waals surface area contributed by atoms with Crippen molar-refractivity contribution in [1.82, 2.24) is 4.57 Å². The second-order valence-electron chi connectivity index (χ2n) is 4.30. The molecule has 0 saturated heterocycles. The van der Waals surface area contributed by atoms with Crippen LogP contribution in [-0.4, -0.2) is 27.3 Å². The maximum absolute atomic E-state index is 11.9. The van der Waals surface area contributed by atoms with Crippen LogP contribution in [-0.2, 0) is 4.79 Å². The summed E-state index contributed by atoms with van der Waals surface area (Å²) < 4.78 is 1.39. The smallest absolute Gasteiger partial charge is 0.303 e. The van der Waals surface area contributed by atoms with Gasteiger partial charge >= 0.3 is 5.97 Å². The molecule has 0 aliphatic carbocycles. The summed E-state index contributed by atoms with van der Waals surface area (Å²) in [7, 11) is 0. The number of aromatic nitrogens is 1. The van der Waals surface area contributed by atoms with Crippen molar-refractivity contribution in [3.63, 3.8) is 0 Å². The Bertz CT molecular complexity index is 669. The predicted molar refractivity (Wildman–Crippen MR) is 69.4 cm³/mol. The van der Waals surface area contributed by atoms with Crippen LogP contribution in [0.25, 0.3) is 10.9 Å². The van der Waals surface area contributed by atoms with Gasteiger partial charge in [-0.3, -0.25) is 19.0 Å². The molecule has 0 fully saturated rings. The minimum Gasteiger partial charge on any atom is -0.481 e. The number of aliphatic carboxylic acids is 1. The summed E-state index contributed by atoms with van der Waals surface area (Å²) in [6.45, 7) is 1.46. The van der Waals surface area contributed by atoms with Gasteiger partial charge in [0, 0.05) is 23.6 Å². The summed E-state index contributed by atoms with van der Waals surface area (Å²) in [5.74, 6) is -1.38. The number of hydrogen-bond donors (Lipinski definition) is 1. The minimum atomic E-state index is -1.01. The molecule has 5 nitrogen and oxygen atoms in total. The molecule has 2 aromatic rings. The van der Waals surface area contributed by atoms with Gasteiger partial charge in [0.1, 0.15) is 0 Å². The number of rotatable bonds is 4. The van der Waals surface area contributed by atoms with Crippen molar-refractivity contribution in [2.75, 3.05) is 0 Å². The molecule has 0 spiro atoms. The van der Waals surface area contributed by atoms with Gasteiger partial charge in [-0.05, 0) is 19.1 Å². The third kappa shape index (κ3) is 2.70. The van der Waals surface area contributed by atoms with Crippen LogP contribution < -0.4 is 0 Å². The second kappa shape index (κ2) is 5.06. The summed E-state index contributed by atoms with van der Waals surface area (Å²) in [4.78, 5) is 33.7. The molecule has 2 rings (SSSR count). The minimum absolute atomic E-state index is 0.0661. The zero-order chi connectivity index (χ0) is 14.0. The normalized spacial score (nSPS) is 10.6. The number of ketones is 1. The highest BCUT2D eigenvalue weighted by Crippen LogP contribution is 2.18. The van der Waals surface area contributed by atoms with E-state index in [4.69, 9.17) is 5.11 Å². The van der Waals surface area contributed by atoms with E-state index >= 15 is 0 Å². The fraction of sp³-hybridized carbons (Fsp3) is 0.214. The quantitative estimate of drug-likeness (QED) is 0.855. The molecule has 98 valence electrons. The van der Waals surface area contributed by atoms with Gasteiger partial charge < -0.3 is 5.11 Å². The molecule has 0 bridgehead atoms. The lowest BCUT2D eigenvalue weighted by molar-refractivity contribution is -0.136. The molecule has 1 aromatic carbocycles. The van der Waals surface area contributed by atoms with Crippen LogP contribution in [0.3, 0.4) is 0 Å². The van der Waals surface area contributed by atoms with Crippen molar-refractivity contribution in [2.45, 2.75) is 19.8 Å². The maximum atomic E-state index is 11.9. The zero-order valence-electron chi connectivity index (χ0n) is 10.4. The lowest BCUT2D eigenvalue weighted by atomic mass is 10.1. The van der Waals surface area contributed by atoms with Gasteiger partial charge in [0.25, 0.3) is 0 Å². The molecule has 0 amide bonds.